The van der Waals surface area contributed by atoms with Gasteiger partial charge in [-0.25, -0.2) is 0 Å². The molecule has 1 rings (SSSR count). The van der Waals surface area contributed by atoms with Crippen molar-refractivity contribution in [3.05, 3.63) is 28.2 Å². The summed E-state index contributed by atoms with van der Waals surface area (Å²) in [6, 6.07) is 4.86. The third kappa shape index (κ3) is 5.95. The van der Waals surface area contributed by atoms with Crippen molar-refractivity contribution in [3.63, 3.8) is 0 Å². The van der Waals surface area contributed by atoms with E-state index >= 15 is 0 Å². The molecule has 2 amide bonds. The number of aliphatic carboxylic acids is 1. The van der Waals surface area contributed by atoms with Crippen molar-refractivity contribution in [2.45, 2.75) is 32.7 Å². The van der Waals surface area contributed by atoms with Crippen LogP contribution in [0.4, 0.5) is 5.69 Å². The molecule has 7 heteroatoms. The largest absolute Gasteiger partial charge is 0.481 e. The molecular weight excluding hydrogens is 340 g/mol. The van der Waals surface area contributed by atoms with Crippen LogP contribution >= 0.6 is 15.9 Å². The first-order valence-corrected chi connectivity index (χ1v) is 7.21. The Morgan fingerprint density at radius 2 is 1.90 bits per heavy atom. The van der Waals surface area contributed by atoms with Gasteiger partial charge in [0.1, 0.15) is 0 Å². The molecule has 1 aromatic rings. The topological polar surface area (TPSA) is 95.5 Å². The molecule has 0 aromatic heterocycles. The van der Waals surface area contributed by atoms with Crippen LogP contribution in [0.2, 0.25) is 0 Å². The zero-order chi connectivity index (χ0) is 16.0. The van der Waals surface area contributed by atoms with E-state index in [0.717, 1.165) is 0 Å². The average Bonchev–Trinajstić information content (AvgIpc) is 2.37. The Morgan fingerprint density at radius 3 is 2.48 bits per heavy atom. The minimum Gasteiger partial charge on any atom is -0.481 e. The van der Waals surface area contributed by atoms with Gasteiger partial charge >= 0.3 is 5.97 Å². The van der Waals surface area contributed by atoms with Gasteiger partial charge in [-0.1, -0.05) is 15.9 Å². The zero-order valence-electron chi connectivity index (χ0n) is 11.8. The van der Waals surface area contributed by atoms with Crippen molar-refractivity contribution in [1.29, 1.82) is 0 Å². The Balaban J connectivity index is 2.88. The second-order valence-corrected chi connectivity index (χ2v) is 5.68. The molecule has 21 heavy (non-hydrogen) atoms. The Bertz CT molecular complexity index is 558. The maximum Gasteiger partial charge on any atom is 0.303 e. The van der Waals surface area contributed by atoms with E-state index in [4.69, 9.17) is 5.11 Å². The number of hydrogen-bond donors (Lipinski definition) is 3. The van der Waals surface area contributed by atoms with Crippen LogP contribution < -0.4 is 10.6 Å². The fourth-order valence-corrected chi connectivity index (χ4v) is 1.95. The average molecular weight is 357 g/mol. The molecule has 0 heterocycles. The molecule has 0 fully saturated rings. The predicted molar refractivity (Wildman–Crippen MR) is 82.2 cm³/mol. The van der Waals surface area contributed by atoms with Gasteiger partial charge in [-0.2, -0.15) is 0 Å². The number of nitrogens with one attached hydrogen (secondary N) is 2. The van der Waals surface area contributed by atoms with Crippen molar-refractivity contribution in [2.75, 3.05) is 5.32 Å². The van der Waals surface area contributed by atoms with Gasteiger partial charge in [0.15, 0.2) is 0 Å². The standard InChI is InChI=1S/C14H17BrN2O4/c1-8(2)16-14(21)10-7-9(15)3-4-11(10)17-12(18)5-6-13(19)20/h3-4,7-8H,5-6H2,1-2H3,(H,16,21)(H,17,18)(H,19,20). The molecule has 0 saturated carbocycles. The van der Waals surface area contributed by atoms with Crippen LogP contribution in [-0.4, -0.2) is 28.9 Å². The zero-order valence-corrected chi connectivity index (χ0v) is 13.4. The Kier molecular flexibility index (Phi) is 6.36. The SMILES string of the molecule is CC(C)NC(=O)c1cc(Br)ccc1NC(=O)CCC(=O)O. The highest BCUT2D eigenvalue weighted by atomic mass is 79.9. The normalized spacial score (nSPS) is 10.3. The molecule has 0 atom stereocenters. The lowest BCUT2D eigenvalue weighted by Crippen LogP contribution is -2.31. The van der Waals surface area contributed by atoms with Crippen LogP contribution in [0.3, 0.4) is 0 Å². The monoisotopic (exact) mass is 356 g/mol. The minimum atomic E-state index is -1.04. The molecule has 0 aliphatic heterocycles. The second-order valence-electron chi connectivity index (χ2n) is 4.76. The minimum absolute atomic E-state index is 0.0351. The number of rotatable bonds is 6. The van der Waals surface area contributed by atoms with Crippen LogP contribution in [-0.2, 0) is 9.59 Å². The Morgan fingerprint density at radius 1 is 1.24 bits per heavy atom. The van der Waals surface area contributed by atoms with E-state index in [2.05, 4.69) is 26.6 Å². The van der Waals surface area contributed by atoms with Crippen LogP contribution in [0.25, 0.3) is 0 Å². The van der Waals surface area contributed by atoms with E-state index in [9.17, 15) is 14.4 Å². The Hall–Kier alpha value is -1.89. The maximum absolute atomic E-state index is 12.1. The molecule has 0 saturated heterocycles. The predicted octanol–water partition coefficient (Wildman–Crippen LogP) is 2.39. The summed E-state index contributed by atoms with van der Waals surface area (Å²) >= 11 is 3.28. The van der Waals surface area contributed by atoms with Crippen molar-refractivity contribution < 1.29 is 19.5 Å². The third-order valence-corrected chi connectivity index (χ3v) is 2.98. The number of halogens is 1. The summed E-state index contributed by atoms with van der Waals surface area (Å²) in [4.78, 5) is 34.2. The fourth-order valence-electron chi connectivity index (χ4n) is 1.59. The molecule has 1 aromatic carbocycles. The molecular formula is C14H17BrN2O4. The first kappa shape index (κ1) is 17.2. The smallest absolute Gasteiger partial charge is 0.303 e. The fraction of sp³-hybridized carbons (Fsp3) is 0.357. The van der Waals surface area contributed by atoms with Gasteiger partial charge in [-0.15, -0.1) is 0 Å². The summed E-state index contributed by atoms with van der Waals surface area (Å²) in [6.45, 7) is 3.67. The lowest BCUT2D eigenvalue weighted by atomic mass is 10.1. The molecule has 3 N–H and O–H groups in total. The van der Waals surface area contributed by atoms with E-state index in [1.54, 1.807) is 18.2 Å². The van der Waals surface area contributed by atoms with Crippen molar-refractivity contribution in [1.82, 2.24) is 5.32 Å². The van der Waals surface area contributed by atoms with Crippen molar-refractivity contribution >= 4 is 39.4 Å². The Labute approximate surface area is 131 Å². The van der Waals surface area contributed by atoms with E-state index in [1.807, 2.05) is 13.8 Å². The summed E-state index contributed by atoms with van der Waals surface area (Å²) in [5.74, 6) is -1.79. The molecule has 114 valence electrons. The molecule has 0 radical (unpaired) electrons. The second kappa shape index (κ2) is 7.78. The first-order chi connectivity index (χ1) is 9.79. The molecule has 0 spiro atoms. The van der Waals surface area contributed by atoms with Gasteiger partial charge < -0.3 is 15.7 Å². The summed E-state index contributed by atoms with van der Waals surface area (Å²) in [7, 11) is 0. The highest BCUT2D eigenvalue weighted by molar-refractivity contribution is 9.10. The molecule has 0 aliphatic rings. The van der Waals surface area contributed by atoms with Crippen molar-refractivity contribution in [3.8, 4) is 0 Å². The molecule has 6 nitrogen and oxygen atoms in total. The van der Waals surface area contributed by atoms with Crippen LogP contribution in [0.1, 0.15) is 37.0 Å². The summed E-state index contributed by atoms with van der Waals surface area (Å²) in [6.07, 6.45) is -0.396. The molecule has 0 bridgehead atoms. The number of benzene rings is 1. The van der Waals surface area contributed by atoms with E-state index in [-0.39, 0.29) is 24.8 Å². The highest BCUT2D eigenvalue weighted by Gasteiger charge is 2.15. The van der Waals surface area contributed by atoms with Gasteiger partial charge in [0, 0.05) is 16.9 Å². The highest BCUT2D eigenvalue weighted by Crippen LogP contribution is 2.21. The van der Waals surface area contributed by atoms with E-state index < -0.39 is 11.9 Å². The third-order valence-electron chi connectivity index (χ3n) is 2.49. The molecule has 0 unspecified atom stereocenters. The van der Waals surface area contributed by atoms with Gasteiger partial charge in [0.25, 0.3) is 5.91 Å². The summed E-state index contributed by atoms with van der Waals surface area (Å²) in [5.41, 5.74) is 0.675. The van der Waals surface area contributed by atoms with Crippen molar-refractivity contribution in [2.24, 2.45) is 0 Å². The number of amides is 2. The van der Waals surface area contributed by atoms with E-state index in [1.165, 1.54) is 0 Å². The lowest BCUT2D eigenvalue weighted by Gasteiger charge is -2.13. The maximum atomic E-state index is 12.1. The number of carbonyl (C=O) groups excluding carboxylic acids is 2. The quantitative estimate of drug-likeness (QED) is 0.729. The van der Waals surface area contributed by atoms with Gasteiger partial charge in [0.05, 0.1) is 17.7 Å². The summed E-state index contributed by atoms with van der Waals surface area (Å²) in [5, 5.41) is 13.9. The van der Waals surface area contributed by atoms with Crippen LogP contribution in [0, 0.1) is 0 Å². The number of carboxylic acid groups (broad SMARTS) is 1. The first-order valence-electron chi connectivity index (χ1n) is 6.41. The van der Waals surface area contributed by atoms with E-state index in [0.29, 0.717) is 15.7 Å². The number of hydrogen-bond acceptors (Lipinski definition) is 3. The van der Waals surface area contributed by atoms with Gasteiger partial charge in [0.2, 0.25) is 5.91 Å². The number of anilines is 1. The van der Waals surface area contributed by atoms with Gasteiger partial charge in [-0.3, -0.25) is 14.4 Å². The summed E-state index contributed by atoms with van der Waals surface area (Å²) < 4.78 is 0.708. The molecule has 0 aliphatic carbocycles. The number of carbonyl (C=O) groups is 3. The number of carboxylic acids is 1. The van der Waals surface area contributed by atoms with Crippen LogP contribution in [0.5, 0.6) is 0 Å². The van der Waals surface area contributed by atoms with Crippen LogP contribution in [0.15, 0.2) is 22.7 Å². The lowest BCUT2D eigenvalue weighted by molar-refractivity contribution is -0.138. The van der Waals surface area contributed by atoms with Gasteiger partial charge in [-0.05, 0) is 32.0 Å².